The molecule has 1 heterocycles. The molecule has 0 atom stereocenters. The summed E-state index contributed by atoms with van der Waals surface area (Å²) in [5, 5.41) is 0.617. The zero-order chi connectivity index (χ0) is 21.7. The van der Waals surface area contributed by atoms with E-state index in [1.165, 1.54) is 0 Å². The average Bonchev–Trinajstić information content (AvgIpc) is 3.01. The van der Waals surface area contributed by atoms with Crippen molar-refractivity contribution in [3.8, 4) is 16.9 Å². The fourth-order valence-electron chi connectivity index (χ4n) is 4.07. The van der Waals surface area contributed by atoms with Crippen molar-refractivity contribution in [1.82, 2.24) is 4.57 Å². The van der Waals surface area contributed by atoms with E-state index >= 15 is 0 Å². The largest absolute Gasteiger partial charge is 0.496 e. The van der Waals surface area contributed by atoms with Crippen LogP contribution in [0.4, 0.5) is 0 Å². The summed E-state index contributed by atoms with van der Waals surface area (Å²) in [6, 6.07) is 15.6. The minimum atomic E-state index is -0.432. The third-order valence-corrected chi connectivity index (χ3v) is 5.89. The molecule has 3 rings (SSSR count). The van der Waals surface area contributed by atoms with Crippen molar-refractivity contribution in [2.24, 2.45) is 5.73 Å². The van der Waals surface area contributed by atoms with Crippen LogP contribution < -0.4 is 10.5 Å². The van der Waals surface area contributed by atoms with Gasteiger partial charge in [0.15, 0.2) is 0 Å². The fraction of sp³-hybridized carbons (Fsp3) is 0.320. The number of hydrogen-bond donors (Lipinski definition) is 1. The van der Waals surface area contributed by atoms with Gasteiger partial charge in [0.1, 0.15) is 5.75 Å². The summed E-state index contributed by atoms with van der Waals surface area (Å²) in [6.45, 7) is 4.74. The SMILES string of the molecule is CCCCCc1c(-c2ccccc2Cl)c(C(N)=O)c(C)n1Cc1ccccc1OC. The van der Waals surface area contributed by atoms with E-state index in [4.69, 9.17) is 22.1 Å². The highest BCUT2D eigenvalue weighted by molar-refractivity contribution is 6.33. The molecule has 0 saturated carbocycles. The summed E-state index contributed by atoms with van der Waals surface area (Å²) in [5.41, 5.74) is 11.1. The number of methoxy groups -OCH3 is 1. The molecule has 0 saturated heterocycles. The van der Waals surface area contributed by atoms with Crippen LogP contribution in [0.5, 0.6) is 5.75 Å². The lowest BCUT2D eigenvalue weighted by atomic mass is 9.97. The molecule has 0 aliphatic heterocycles. The molecule has 0 aliphatic carbocycles. The molecule has 158 valence electrons. The number of hydrogen-bond acceptors (Lipinski definition) is 2. The number of para-hydroxylation sites is 1. The van der Waals surface area contributed by atoms with Crippen LogP contribution in [0, 0.1) is 6.92 Å². The molecular formula is C25H29ClN2O2. The van der Waals surface area contributed by atoms with Gasteiger partial charge < -0.3 is 15.0 Å². The Morgan fingerprint density at radius 2 is 1.80 bits per heavy atom. The second-order valence-corrected chi connectivity index (χ2v) is 7.89. The molecule has 4 nitrogen and oxygen atoms in total. The van der Waals surface area contributed by atoms with Gasteiger partial charge >= 0.3 is 0 Å². The molecule has 30 heavy (non-hydrogen) atoms. The van der Waals surface area contributed by atoms with Crippen LogP contribution in [-0.4, -0.2) is 17.6 Å². The average molecular weight is 425 g/mol. The first-order chi connectivity index (χ1) is 14.5. The number of halogens is 1. The van der Waals surface area contributed by atoms with Crippen LogP contribution in [0.2, 0.25) is 5.02 Å². The second-order valence-electron chi connectivity index (χ2n) is 7.48. The molecular weight excluding hydrogens is 396 g/mol. The van der Waals surface area contributed by atoms with Crippen molar-refractivity contribution in [3.63, 3.8) is 0 Å². The van der Waals surface area contributed by atoms with E-state index in [1.807, 2.05) is 55.5 Å². The number of carbonyl (C=O) groups excluding carboxylic acids is 1. The maximum absolute atomic E-state index is 12.5. The van der Waals surface area contributed by atoms with Crippen molar-refractivity contribution in [3.05, 3.63) is 76.1 Å². The van der Waals surface area contributed by atoms with Gasteiger partial charge in [0.25, 0.3) is 5.91 Å². The van der Waals surface area contributed by atoms with E-state index < -0.39 is 5.91 Å². The van der Waals surface area contributed by atoms with Gasteiger partial charge in [0, 0.05) is 33.1 Å². The molecule has 0 spiro atoms. The summed E-state index contributed by atoms with van der Waals surface area (Å²) in [5.74, 6) is 0.392. The first-order valence-corrected chi connectivity index (χ1v) is 10.8. The lowest BCUT2D eigenvalue weighted by molar-refractivity contribution is 0.1000. The Balaban J connectivity index is 2.24. The summed E-state index contributed by atoms with van der Waals surface area (Å²) in [6.07, 6.45) is 4.11. The summed E-state index contributed by atoms with van der Waals surface area (Å²) in [4.78, 5) is 12.5. The summed E-state index contributed by atoms with van der Waals surface area (Å²) >= 11 is 6.56. The van der Waals surface area contributed by atoms with Crippen LogP contribution >= 0.6 is 11.6 Å². The number of benzene rings is 2. The second kappa shape index (κ2) is 9.86. The molecule has 0 fully saturated rings. The van der Waals surface area contributed by atoms with Crippen molar-refractivity contribution < 1.29 is 9.53 Å². The van der Waals surface area contributed by atoms with Gasteiger partial charge in [0.05, 0.1) is 19.2 Å². The van der Waals surface area contributed by atoms with E-state index in [-0.39, 0.29) is 0 Å². The Bertz CT molecular complexity index is 1040. The van der Waals surface area contributed by atoms with Crippen molar-refractivity contribution in [1.29, 1.82) is 0 Å². The van der Waals surface area contributed by atoms with E-state index in [0.29, 0.717) is 17.1 Å². The highest BCUT2D eigenvalue weighted by Crippen LogP contribution is 2.38. The zero-order valence-electron chi connectivity index (χ0n) is 17.9. The van der Waals surface area contributed by atoms with Gasteiger partial charge in [-0.15, -0.1) is 0 Å². The Hall–Kier alpha value is -2.72. The maximum Gasteiger partial charge on any atom is 0.251 e. The lowest BCUT2D eigenvalue weighted by Gasteiger charge is -2.16. The number of aromatic nitrogens is 1. The minimum Gasteiger partial charge on any atom is -0.496 e. The van der Waals surface area contributed by atoms with Gasteiger partial charge in [-0.05, 0) is 31.9 Å². The van der Waals surface area contributed by atoms with Gasteiger partial charge in [-0.25, -0.2) is 0 Å². The molecule has 5 heteroatoms. The number of unbranched alkanes of at least 4 members (excludes halogenated alkanes) is 2. The smallest absolute Gasteiger partial charge is 0.251 e. The van der Waals surface area contributed by atoms with Gasteiger partial charge in [-0.1, -0.05) is 67.8 Å². The van der Waals surface area contributed by atoms with E-state index in [0.717, 1.165) is 59.5 Å². The fourth-order valence-corrected chi connectivity index (χ4v) is 4.30. The predicted octanol–water partition coefficient (Wildman–Crippen LogP) is 6.01. The van der Waals surface area contributed by atoms with E-state index in [1.54, 1.807) is 7.11 Å². The Labute approximate surface area is 183 Å². The zero-order valence-corrected chi connectivity index (χ0v) is 18.6. The van der Waals surface area contributed by atoms with Crippen molar-refractivity contribution in [2.75, 3.05) is 7.11 Å². The standard InChI is InChI=1S/C25H29ClN2O2/c1-4-5-6-14-21-24(19-12-8-9-13-20(19)26)23(25(27)29)17(2)28(21)16-18-11-7-10-15-22(18)30-3/h7-13,15H,4-6,14,16H2,1-3H3,(H2,27,29). The normalized spacial score (nSPS) is 10.9. The van der Waals surface area contributed by atoms with Crippen LogP contribution in [-0.2, 0) is 13.0 Å². The Morgan fingerprint density at radius 1 is 1.10 bits per heavy atom. The molecule has 0 radical (unpaired) electrons. The van der Waals surface area contributed by atoms with Crippen molar-refractivity contribution in [2.45, 2.75) is 46.1 Å². The Kier molecular flexibility index (Phi) is 7.22. The molecule has 0 unspecified atom stereocenters. The first kappa shape index (κ1) is 22.0. The number of amides is 1. The quantitative estimate of drug-likeness (QED) is 0.428. The summed E-state index contributed by atoms with van der Waals surface area (Å²) < 4.78 is 7.76. The molecule has 2 N–H and O–H groups in total. The highest BCUT2D eigenvalue weighted by Gasteiger charge is 2.26. The predicted molar refractivity (Wildman–Crippen MR) is 123 cm³/mol. The molecule has 0 bridgehead atoms. The van der Waals surface area contributed by atoms with Crippen LogP contribution in [0.15, 0.2) is 48.5 Å². The lowest BCUT2D eigenvalue weighted by Crippen LogP contribution is -2.14. The number of rotatable bonds is 9. The van der Waals surface area contributed by atoms with Crippen LogP contribution in [0.3, 0.4) is 0 Å². The highest BCUT2D eigenvalue weighted by atomic mass is 35.5. The topological polar surface area (TPSA) is 57.2 Å². The third-order valence-electron chi connectivity index (χ3n) is 5.56. The molecule has 0 aliphatic rings. The third kappa shape index (κ3) is 4.39. The van der Waals surface area contributed by atoms with Gasteiger partial charge in [-0.3, -0.25) is 4.79 Å². The van der Waals surface area contributed by atoms with E-state index in [9.17, 15) is 4.79 Å². The first-order valence-electron chi connectivity index (χ1n) is 10.4. The molecule has 2 aromatic carbocycles. The van der Waals surface area contributed by atoms with Crippen LogP contribution in [0.1, 0.15) is 53.5 Å². The Morgan fingerprint density at radius 3 is 2.47 bits per heavy atom. The number of carbonyl (C=O) groups is 1. The van der Waals surface area contributed by atoms with Gasteiger partial charge in [0.2, 0.25) is 0 Å². The minimum absolute atomic E-state index is 0.432. The molecule has 3 aromatic rings. The number of nitrogens with two attached hydrogens (primary N) is 1. The number of primary amides is 1. The number of ether oxygens (including phenoxy) is 1. The maximum atomic E-state index is 12.5. The van der Waals surface area contributed by atoms with Crippen LogP contribution in [0.25, 0.3) is 11.1 Å². The molecule has 1 amide bonds. The monoisotopic (exact) mass is 424 g/mol. The van der Waals surface area contributed by atoms with Gasteiger partial charge in [-0.2, -0.15) is 0 Å². The van der Waals surface area contributed by atoms with E-state index in [2.05, 4.69) is 11.5 Å². The molecule has 1 aromatic heterocycles. The van der Waals surface area contributed by atoms with Crippen molar-refractivity contribution >= 4 is 17.5 Å². The summed E-state index contributed by atoms with van der Waals surface area (Å²) in [7, 11) is 1.67. The number of nitrogens with zero attached hydrogens (tertiary/aromatic N) is 1.